The normalized spacial score (nSPS) is 10.2. The molecule has 2 aromatic carbocycles. The number of aryl methyl sites for hydroxylation is 2. The van der Waals surface area contributed by atoms with Crippen molar-refractivity contribution < 1.29 is 9.53 Å². The topological polar surface area (TPSA) is 38.3 Å². The Labute approximate surface area is 126 Å². The largest absolute Gasteiger partial charge is 0.484 e. The van der Waals surface area contributed by atoms with Gasteiger partial charge in [0.15, 0.2) is 6.61 Å². The maximum Gasteiger partial charge on any atom is 0.257 e. The molecule has 1 amide bonds. The Morgan fingerprint density at radius 1 is 1.10 bits per heavy atom. The average Bonchev–Trinajstić information content (AvgIpc) is 2.47. The molecule has 0 heterocycles. The number of amides is 1. The molecular weight excluding hydrogens is 262 g/mol. The standard InChI is InChI=1S/C18H21NO2/c1-14-6-5-9-17(12-14)21-13-18(20)19-11-10-16-8-4-3-7-15(16)2/h3-9,12H,10-11,13H2,1-2H3,(H,19,20). The number of benzene rings is 2. The zero-order valence-electron chi connectivity index (χ0n) is 12.6. The van der Waals surface area contributed by atoms with Gasteiger partial charge in [-0.3, -0.25) is 4.79 Å². The fourth-order valence-electron chi connectivity index (χ4n) is 2.13. The van der Waals surface area contributed by atoms with E-state index in [-0.39, 0.29) is 12.5 Å². The highest BCUT2D eigenvalue weighted by molar-refractivity contribution is 5.77. The van der Waals surface area contributed by atoms with Crippen molar-refractivity contribution in [1.82, 2.24) is 5.32 Å². The average molecular weight is 283 g/mol. The van der Waals surface area contributed by atoms with Gasteiger partial charge in [0.25, 0.3) is 5.91 Å². The van der Waals surface area contributed by atoms with Gasteiger partial charge >= 0.3 is 0 Å². The lowest BCUT2D eigenvalue weighted by Crippen LogP contribution is -2.30. The molecule has 2 rings (SSSR count). The summed E-state index contributed by atoms with van der Waals surface area (Å²) in [5.41, 5.74) is 3.63. The van der Waals surface area contributed by atoms with Gasteiger partial charge in [-0.1, -0.05) is 36.4 Å². The van der Waals surface area contributed by atoms with Crippen molar-refractivity contribution in [2.45, 2.75) is 20.3 Å². The summed E-state index contributed by atoms with van der Waals surface area (Å²) in [6, 6.07) is 15.9. The van der Waals surface area contributed by atoms with Gasteiger partial charge in [0.2, 0.25) is 0 Å². The lowest BCUT2D eigenvalue weighted by atomic mass is 10.1. The molecule has 2 aromatic rings. The Morgan fingerprint density at radius 3 is 2.67 bits per heavy atom. The first-order valence-corrected chi connectivity index (χ1v) is 7.16. The van der Waals surface area contributed by atoms with Crippen molar-refractivity contribution in [3.8, 4) is 5.75 Å². The van der Waals surface area contributed by atoms with E-state index < -0.39 is 0 Å². The van der Waals surface area contributed by atoms with E-state index in [0.29, 0.717) is 6.54 Å². The van der Waals surface area contributed by atoms with Gasteiger partial charge in [-0.25, -0.2) is 0 Å². The summed E-state index contributed by atoms with van der Waals surface area (Å²) < 4.78 is 5.46. The first-order chi connectivity index (χ1) is 10.1. The third-order valence-corrected chi connectivity index (χ3v) is 3.34. The van der Waals surface area contributed by atoms with Crippen LogP contribution in [0.15, 0.2) is 48.5 Å². The second-order valence-corrected chi connectivity index (χ2v) is 5.13. The van der Waals surface area contributed by atoms with E-state index in [1.165, 1.54) is 11.1 Å². The van der Waals surface area contributed by atoms with E-state index in [9.17, 15) is 4.79 Å². The maximum absolute atomic E-state index is 11.7. The summed E-state index contributed by atoms with van der Waals surface area (Å²) in [6.07, 6.45) is 0.836. The van der Waals surface area contributed by atoms with Gasteiger partial charge < -0.3 is 10.1 Å². The highest BCUT2D eigenvalue weighted by Crippen LogP contribution is 2.12. The van der Waals surface area contributed by atoms with Gasteiger partial charge in [0.1, 0.15) is 5.75 Å². The summed E-state index contributed by atoms with van der Waals surface area (Å²) in [5.74, 6) is 0.633. The zero-order valence-corrected chi connectivity index (χ0v) is 12.6. The number of carbonyl (C=O) groups is 1. The molecule has 3 nitrogen and oxygen atoms in total. The third kappa shape index (κ3) is 4.95. The first-order valence-electron chi connectivity index (χ1n) is 7.16. The van der Waals surface area contributed by atoms with Gasteiger partial charge in [-0.2, -0.15) is 0 Å². The number of nitrogens with one attached hydrogen (secondary N) is 1. The van der Waals surface area contributed by atoms with E-state index in [1.54, 1.807) is 0 Å². The molecule has 3 heteroatoms. The van der Waals surface area contributed by atoms with Crippen molar-refractivity contribution in [2.75, 3.05) is 13.2 Å². The van der Waals surface area contributed by atoms with E-state index in [1.807, 2.05) is 43.3 Å². The molecular formula is C18H21NO2. The summed E-state index contributed by atoms with van der Waals surface area (Å²) in [5, 5.41) is 2.88. The van der Waals surface area contributed by atoms with Crippen LogP contribution in [0.4, 0.5) is 0 Å². The Morgan fingerprint density at radius 2 is 1.90 bits per heavy atom. The third-order valence-electron chi connectivity index (χ3n) is 3.34. The molecule has 0 saturated carbocycles. The number of hydrogen-bond acceptors (Lipinski definition) is 2. The molecule has 21 heavy (non-hydrogen) atoms. The SMILES string of the molecule is Cc1cccc(OCC(=O)NCCc2ccccc2C)c1. The molecule has 0 unspecified atom stereocenters. The van der Waals surface area contributed by atoms with Crippen LogP contribution in [-0.4, -0.2) is 19.1 Å². The summed E-state index contributed by atoms with van der Waals surface area (Å²) in [6.45, 7) is 4.76. The van der Waals surface area contributed by atoms with E-state index >= 15 is 0 Å². The van der Waals surface area contributed by atoms with Crippen molar-refractivity contribution in [2.24, 2.45) is 0 Å². The van der Waals surface area contributed by atoms with E-state index in [4.69, 9.17) is 4.74 Å². The van der Waals surface area contributed by atoms with Gasteiger partial charge in [-0.15, -0.1) is 0 Å². The second-order valence-electron chi connectivity index (χ2n) is 5.13. The van der Waals surface area contributed by atoms with Crippen molar-refractivity contribution in [3.63, 3.8) is 0 Å². The van der Waals surface area contributed by atoms with Gasteiger partial charge in [0.05, 0.1) is 0 Å². The summed E-state index contributed by atoms with van der Waals surface area (Å²) in [7, 11) is 0. The molecule has 0 bridgehead atoms. The maximum atomic E-state index is 11.7. The monoisotopic (exact) mass is 283 g/mol. The Bertz CT molecular complexity index is 608. The van der Waals surface area contributed by atoms with Crippen LogP contribution < -0.4 is 10.1 Å². The summed E-state index contributed by atoms with van der Waals surface area (Å²) in [4.78, 5) is 11.7. The fraction of sp³-hybridized carbons (Fsp3) is 0.278. The molecule has 0 saturated heterocycles. The molecule has 0 aliphatic rings. The van der Waals surface area contributed by atoms with Crippen molar-refractivity contribution in [3.05, 3.63) is 65.2 Å². The number of carbonyl (C=O) groups excluding carboxylic acids is 1. The first kappa shape index (κ1) is 15.1. The minimum atomic E-state index is -0.0925. The highest BCUT2D eigenvalue weighted by atomic mass is 16.5. The minimum absolute atomic E-state index is 0.0528. The predicted octanol–water partition coefficient (Wildman–Crippen LogP) is 3.04. The molecule has 0 atom stereocenters. The molecule has 0 fully saturated rings. The predicted molar refractivity (Wildman–Crippen MR) is 84.6 cm³/mol. The van der Waals surface area contributed by atoms with Crippen LogP contribution in [0.25, 0.3) is 0 Å². The number of hydrogen-bond donors (Lipinski definition) is 1. The zero-order chi connectivity index (χ0) is 15.1. The lowest BCUT2D eigenvalue weighted by molar-refractivity contribution is -0.123. The molecule has 0 radical (unpaired) electrons. The fourth-order valence-corrected chi connectivity index (χ4v) is 2.13. The van der Waals surface area contributed by atoms with E-state index in [0.717, 1.165) is 17.7 Å². The van der Waals surface area contributed by atoms with Gasteiger partial charge in [0, 0.05) is 6.54 Å². The smallest absolute Gasteiger partial charge is 0.257 e. The van der Waals surface area contributed by atoms with Gasteiger partial charge in [-0.05, 0) is 49.1 Å². The van der Waals surface area contributed by atoms with Crippen LogP contribution in [0.3, 0.4) is 0 Å². The molecule has 0 aliphatic carbocycles. The van der Waals surface area contributed by atoms with E-state index in [2.05, 4.69) is 24.4 Å². The van der Waals surface area contributed by atoms with Crippen LogP contribution in [-0.2, 0) is 11.2 Å². The van der Waals surface area contributed by atoms with Crippen LogP contribution in [0, 0.1) is 13.8 Å². The molecule has 110 valence electrons. The quantitative estimate of drug-likeness (QED) is 0.885. The Balaban J connectivity index is 1.72. The Kier molecular flexibility index (Phi) is 5.38. The van der Waals surface area contributed by atoms with Crippen LogP contribution in [0.2, 0.25) is 0 Å². The van der Waals surface area contributed by atoms with Crippen LogP contribution >= 0.6 is 0 Å². The molecule has 0 aliphatic heterocycles. The number of ether oxygens (including phenoxy) is 1. The lowest BCUT2D eigenvalue weighted by Gasteiger charge is -2.09. The summed E-state index contributed by atoms with van der Waals surface area (Å²) >= 11 is 0. The van der Waals surface area contributed by atoms with Crippen LogP contribution in [0.1, 0.15) is 16.7 Å². The van der Waals surface area contributed by atoms with Crippen molar-refractivity contribution in [1.29, 1.82) is 0 Å². The molecule has 0 aromatic heterocycles. The van der Waals surface area contributed by atoms with Crippen LogP contribution in [0.5, 0.6) is 5.75 Å². The molecule has 0 spiro atoms. The number of rotatable bonds is 6. The van der Waals surface area contributed by atoms with Crippen molar-refractivity contribution >= 4 is 5.91 Å². The second kappa shape index (κ2) is 7.48. The Hall–Kier alpha value is -2.29. The minimum Gasteiger partial charge on any atom is -0.484 e. The highest BCUT2D eigenvalue weighted by Gasteiger charge is 2.03. The molecule has 1 N–H and O–H groups in total.